The Bertz CT molecular complexity index is 1890. The number of phenols is 1. The Kier molecular flexibility index (Phi) is 10.9. The number of Topliss-reactive ketones (excluding diaryl/α,β-unsaturated/α-hetero) is 1. The lowest BCUT2D eigenvalue weighted by molar-refractivity contribution is -0.114. The van der Waals surface area contributed by atoms with Gasteiger partial charge in [0, 0.05) is 36.4 Å². The van der Waals surface area contributed by atoms with Gasteiger partial charge < -0.3 is 29.4 Å². The van der Waals surface area contributed by atoms with Crippen molar-refractivity contribution in [3.05, 3.63) is 64.6 Å². The highest BCUT2D eigenvalue weighted by Crippen LogP contribution is 2.40. The molecule has 16 heteroatoms. The molecule has 0 unspecified atom stereocenters. The van der Waals surface area contributed by atoms with Crippen molar-refractivity contribution >= 4 is 56.3 Å². The van der Waals surface area contributed by atoms with E-state index >= 15 is 0 Å². The summed E-state index contributed by atoms with van der Waals surface area (Å²) in [6.07, 6.45) is 1.03. The quantitative estimate of drug-likeness (QED) is 0.0777. The van der Waals surface area contributed by atoms with Crippen LogP contribution in [0.4, 0.5) is 22.7 Å². The first kappa shape index (κ1) is 34.6. The van der Waals surface area contributed by atoms with Gasteiger partial charge in [-0.2, -0.15) is 13.5 Å². The number of azo groups is 1. The highest BCUT2D eigenvalue weighted by Gasteiger charge is 2.33. The summed E-state index contributed by atoms with van der Waals surface area (Å²) in [4.78, 5) is 24.2. The SMILES string of the molecule is COc1cc(O)ccc1/N=N/c1cc(OCCOC(C)C)c(N/N=C2\C(=O)c3ccc(NC(C)=O)cc3C=C2S(=O)(=O)O)cc1OC. The average molecular weight is 668 g/mol. The van der Waals surface area contributed by atoms with Crippen molar-refractivity contribution in [3.63, 3.8) is 0 Å². The van der Waals surface area contributed by atoms with E-state index in [1.54, 1.807) is 0 Å². The van der Waals surface area contributed by atoms with Crippen molar-refractivity contribution in [2.75, 3.05) is 38.2 Å². The maximum absolute atomic E-state index is 13.5. The lowest BCUT2D eigenvalue weighted by Crippen LogP contribution is -2.27. The Balaban J connectivity index is 1.75. The molecule has 0 spiro atoms. The lowest BCUT2D eigenvalue weighted by Gasteiger charge is -2.18. The summed E-state index contributed by atoms with van der Waals surface area (Å²) >= 11 is 0. The highest BCUT2D eigenvalue weighted by atomic mass is 32.2. The number of fused-ring (bicyclic) bond motifs is 1. The van der Waals surface area contributed by atoms with Gasteiger partial charge in [0.1, 0.15) is 51.6 Å². The fourth-order valence-electron chi connectivity index (χ4n) is 4.33. The zero-order chi connectivity index (χ0) is 34.3. The molecular formula is C31H33N5O10S. The molecule has 3 aromatic rings. The number of ketones is 1. The van der Waals surface area contributed by atoms with Crippen LogP contribution < -0.4 is 25.0 Å². The van der Waals surface area contributed by atoms with E-state index in [9.17, 15) is 27.7 Å². The Hall–Kier alpha value is -5.32. The number of allylic oxidation sites excluding steroid dienone is 1. The molecule has 0 fully saturated rings. The number of rotatable bonds is 13. The van der Waals surface area contributed by atoms with Crippen LogP contribution in [0.3, 0.4) is 0 Å². The van der Waals surface area contributed by atoms with E-state index in [2.05, 4.69) is 26.1 Å². The normalized spacial score (nSPS) is 13.8. The van der Waals surface area contributed by atoms with Gasteiger partial charge in [0.25, 0.3) is 10.1 Å². The topological polar surface area (TPSA) is 207 Å². The van der Waals surface area contributed by atoms with Gasteiger partial charge in [-0.1, -0.05) is 0 Å². The molecule has 0 bridgehead atoms. The van der Waals surface area contributed by atoms with E-state index in [-0.39, 0.29) is 70.7 Å². The number of carbonyl (C=O) groups is 2. The van der Waals surface area contributed by atoms with Gasteiger partial charge in [0.05, 0.1) is 26.9 Å². The van der Waals surface area contributed by atoms with Crippen molar-refractivity contribution in [2.45, 2.75) is 26.9 Å². The number of nitrogens with one attached hydrogen (secondary N) is 2. The van der Waals surface area contributed by atoms with Crippen LogP contribution in [-0.2, 0) is 19.6 Å². The van der Waals surface area contributed by atoms with Crippen molar-refractivity contribution in [3.8, 4) is 23.0 Å². The van der Waals surface area contributed by atoms with Gasteiger partial charge in [-0.3, -0.25) is 19.6 Å². The van der Waals surface area contributed by atoms with Crippen LogP contribution in [0.15, 0.2) is 68.8 Å². The van der Waals surface area contributed by atoms with E-state index in [0.29, 0.717) is 11.4 Å². The molecule has 0 radical (unpaired) electrons. The largest absolute Gasteiger partial charge is 0.508 e. The van der Waals surface area contributed by atoms with E-state index in [0.717, 1.165) is 6.08 Å². The first-order chi connectivity index (χ1) is 22.3. The van der Waals surface area contributed by atoms with Crippen molar-refractivity contribution in [2.24, 2.45) is 15.3 Å². The number of aromatic hydroxyl groups is 1. The second kappa shape index (κ2) is 14.8. The van der Waals surface area contributed by atoms with Crippen LogP contribution in [-0.4, -0.2) is 69.0 Å². The number of hydrogen-bond acceptors (Lipinski definition) is 13. The number of anilines is 2. The molecule has 4 N–H and O–H groups in total. The summed E-state index contributed by atoms with van der Waals surface area (Å²) < 4.78 is 57.0. The molecule has 0 heterocycles. The van der Waals surface area contributed by atoms with Gasteiger partial charge >= 0.3 is 0 Å². The van der Waals surface area contributed by atoms with Gasteiger partial charge in [0.15, 0.2) is 5.71 Å². The molecule has 0 atom stereocenters. The van der Waals surface area contributed by atoms with Gasteiger partial charge in [-0.15, -0.1) is 10.2 Å². The number of hydrazone groups is 1. The molecule has 3 aromatic carbocycles. The molecule has 1 amide bonds. The summed E-state index contributed by atoms with van der Waals surface area (Å²) in [6.45, 7) is 5.36. The number of nitrogens with zero attached hydrogens (tertiary/aromatic N) is 3. The molecule has 1 aliphatic rings. The predicted octanol–water partition coefficient (Wildman–Crippen LogP) is 5.48. The Morgan fingerprint density at radius 1 is 0.936 bits per heavy atom. The van der Waals surface area contributed by atoms with E-state index in [1.165, 1.54) is 69.7 Å². The third-order valence-corrected chi connectivity index (χ3v) is 7.29. The molecule has 248 valence electrons. The van der Waals surface area contributed by atoms with E-state index < -0.39 is 26.5 Å². The zero-order valence-corrected chi connectivity index (χ0v) is 26.9. The summed E-state index contributed by atoms with van der Waals surface area (Å²) in [7, 11) is -2.13. The maximum Gasteiger partial charge on any atom is 0.296 e. The minimum absolute atomic E-state index is 0.0172. The molecule has 0 aliphatic heterocycles. The first-order valence-corrected chi connectivity index (χ1v) is 15.5. The number of ether oxygens (including phenoxy) is 4. The van der Waals surface area contributed by atoms with E-state index in [1.807, 2.05) is 13.8 Å². The fourth-order valence-corrected chi connectivity index (χ4v) is 4.99. The lowest BCUT2D eigenvalue weighted by atomic mass is 9.94. The molecule has 15 nitrogen and oxygen atoms in total. The van der Waals surface area contributed by atoms with Crippen LogP contribution in [0.25, 0.3) is 6.08 Å². The summed E-state index contributed by atoms with van der Waals surface area (Å²) in [5.74, 6) is -0.556. The molecule has 47 heavy (non-hydrogen) atoms. The van der Waals surface area contributed by atoms with E-state index in [4.69, 9.17) is 18.9 Å². The Morgan fingerprint density at radius 2 is 1.64 bits per heavy atom. The number of methoxy groups -OCH3 is 2. The second-order valence-corrected chi connectivity index (χ2v) is 11.6. The van der Waals surface area contributed by atoms with Gasteiger partial charge in [-0.05, 0) is 55.8 Å². The third kappa shape index (κ3) is 8.69. The van der Waals surface area contributed by atoms with Crippen molar-refractivity contribution < 1.29 is 46.6 Å². The minimum atomic E-state index is -4.93. The standard InChI is InChI=1S/C31H33N5O10S/c1-17(2)45-10-11-46-28-16-24(34-33-23-9-7-21(38)14-26(23)43-4)27(44-5)15-25(28)35-36-30-29(47(40,41)42)13-19-12-20(32-18(3)37)6-8-22(19)31(30)39/h6-9,12-17,35,38H,10-11H2,1-5H3,(H,32,37)(H,40,41,42)/b34-33+,36-30-. The summed E-state index contributed by atoms with van der Waals surface area (Å²) in [5, 5.41) is 24.9. The Labute approximate surface area is 270 Å². The zero-order valence-electron chi connectivity index (χ0n) is 26.1. The minimum Gasteiger partial charge on any atom is -0.508 e. The van der Waals surface area contributed by atoms with Crippen LogP contribution in [0.5, 0.6) is 23.0 Å². The van der Waals surface area contributed by atoms with Crippen LogP contribution >= 0.6 is 0 Å². The number of phenolic OH excluding ortho intramolecular Hbond substituents is 1. The third-order valence-electron chi connectivity index (χ3n) is 6.42. The smallest absolute Gasteiger partial charge is 0.296 e. The van der Waals surface area contributed by atoms with Crippen molar-refractivity contribution in [1.29, 1.82) is 0 Å². The van der Waals surface area contributed by atoms with Gasteiger partial charge in [0.2, 0.25) is 11.7 Å². The number of amides is 1. The second-order valence-electron chi connectivity index (χ2n) is 10.2. The first-order valence-electron chi connectivity index (χ1n) is 14.1. The van der Waals surface area contributed by atoms with Gasteiger partial charge in [-0.25, -0.2) is 0 Å². The maximum atomic E-state index is 13.5. The molecular weight excluding hydrogens is 634 g/mol. The van der Waals surface area contributed by atoms with Crippen LogP contribution in [0.1, 0.15) is 36.7 Å². The number of benzene rings is 3. The molecule has 0 aromatic heterocycles. The summed E-state index contributed by atoms with van der Waals surface area (Å²) in [6, 6.07) is 11.5. The predicted molar refractivity (Wildman–Crippen MR) is 174 cm³/mol. The number of hydrogen-bond donors (Lipinski definition) is 4. The van der Waals surface area contributed by atoms with Crippen molar-refractivity contribution in [1.82, 2.24) is 0 Å². The fraction of sp³-hybridized carbons (Fsp3) is 0.258. The summed E-state index contributed by atoms with van der Waals surface area (Å²) in [5.41, 5.74) is 3.32. The number of carbonyl (C=O) groups excluding carboxylic acids is 2. The van der Waals surface area contributed by atoms with Crippen LogP contribution in [0.2, 0.25) is 0 Å². The molecule has 4 rings (SSSR count). The molecule has 0 saturated carbocycles. The monoisotopic (exact) mass is 667 g/mol. The molecule has 1 aliphatic carbocycles. The average Bonchev–Trinajstić information content (AvgIpc) is 3.01. The Morgan fingerprint density at radius 3 is 2.30 bits per heavy atom. The van der Waals surface area contributed by atoms with Crippen LogP contribution in [0, 0.1) is 0 Å². The molecule has 0 saturated heterocycles. The highest BCUT2D eigenvalue weighted by molar-refractivity contribution is 7.91.